The Morgan fingerprint density at radius 2 is 1.90 bits per heavy atom. The number of nitrogens with zero attached hydrogens (tertiary/aromatic N) is 1. The van der Waals surface area contributed by atoms with E-state index in [0.29, 0.717) is 6.54 Å². The van der Waals surface area contributed by atoms with Crippen molar-refractivity contribution in [3.8, 4) is 0 Å². The van der Waals surface area contributed by atoms with Crippen molar-refractivity contribution in [1.29, 1.82) is 0 Å². The SMILES string of the molecule is Cc1cccc(N(C)C(CN)c2cc3ccccc3o2)c1. The minimum Gasteiger partial charge on any atom is -0.459 e. The first-order valence-corrected chi connectivity index (χ1v) is 7.17. The van der Waals surface area contributed by atoms with Crippen molar-refractivity contribution in [1.82, 2.24) is 0 Å². The van der Waals surface area contributed by atoms with Crippen LogP contribution in [0.15, 0.2) is 59.0 Å². The van der Waals surface area contributed by atoms with Gasteiger partial charge in [-0.25, -0.2) is 0 Å². The fraction of sp³-hybridized carbons (Fsp3) is 0.222. The molecule has 3 rings (SSSR count). The van der Waals surface area contributed by atoms with Gasteiger partial charge in [0.1, 0.15) is 11.3 Å². The average molecular weight is 280 g/mol. The number of hydrogen-bond donors (Lipinski definition) is 1. The van der Waals surface area contributed by atoms with Crippen LogP contribution in [0.3, 0.4) is 0 Å². The third-order valence-corrected chi connectivity index (χ3v) is 3.87. The standard InChI is InChI=1S/C18H20N2O/c1-13-6-5-8-15(10-13)20(2)16(12-19)18-11-14-7-3-4-9-17(14)21-18/h3-11,16H,12,19H2,1-2H3. The fourth-order valence-corrected chi connectivity index (χ4v) is 2.66. The molecule has 2 aromatic carbocycles. The van der Waals surface area contributed by atoms with E-state index < -0.39 is 0 Å². The van der Waals surface area contributed by atoms with Crippen molar-refractivity contribution in [2.45, 2.75) is 13.0 Å². The van der Waals surface area contributed by atoms with Gasteiger partial charge in [0.05, 0.1) is 6.04 Å². The number of hydrogen-bond acceptors (Lipinski definition) is 3. The number of benzene rings is 2. The molecule has 1 aromatic heterocycles. The quantitative estimate of drug-likeness (QED) is 0.788. The monoisotopic (exact) mass is 280 g/mol. The summed E-state index contributed by atoms with van der Waals surface area (Å²) in [7, 11) is 2.06. The van der Waals surface area contributed by atoms with E-state index in [1.54, 1.807) is 0 Å². The van der Waals surface area contributed by atoms with Crippen LogP contribution < -0.4 is 10.6 Å². The van der Waals surface area contributed by atoms with Crippen LogP contribution in [0.5, 0.6) is 0 Å². The van der Waals surface area contributed by atoms with E-state index in [0.717, 1.165) is 22.4 Å². The molecule has 0 amide bonds. The number of fused-ring (bicyclic) bond motifs is 1. The van der Waals surface area contributed by atoms with Crippen LogP contribution in [0.1, 0.15) is 17.4 Å². The van der Waals surface area contributed by atoms with Crippen LogP contribution in [0, 0.1) is 6.92 Å². The highest BCUT2D eigenvalue weighted by molar-refractivity contribution is 5.78. The van der Waals surface area contributed by atoms with Gasteiger partial charge in [-0.3, -0.25) is 0 Å². The lowest BCUT2D eigenvalue weighted by Gasteiger charge is -2.27. The molecule has 1 unspecified atom stereocenters. The molecule has 0 aliphatic rings. The van der Waals surface area contributed by atoms with Gasteiger partial charge in [0, 0.05) is 24.7 Å². The molecule has 21 heavy (non-hydrogen) atoms. The maximum absolute atomic E-state index is 6.00. The lowest BCUT2D eigenvalue weighted by atomic mass is 10.1. The Bertz CT molecular complexity index is 715. The molecule has 0 saturated carbocycles. The maximum atomic E-state index is 6.00. The van der Waals surface area contributed by atoms with Crippen molar-refractivity contribution in [3.63, 3.8) is 0 Å². The van der Waals surface area contributed by atoms with Crippen molar-refractivity contribution >= 4 is 16.7 Å². The molecule has 2 N–H and O–H groups in total. The third kappa shape index (κ3) is 2.65. The second-order valence-corrected chi connectivity index (χ2v) is 5.39. The Morgan fingerprint density at radius 3 is 2.62 bits per heavy atom. The van der Waals surface area contributed by atoms with Crippen molar-refractivity contribution in [2.75, 3.05) is 18.5 Å². The molecule has 1 atom stereocenters. The number of aryl methyl sites for hydroxylation is 1. The van der Waals surface area contributed by atoms with Gasteiger partial charge in [-0.05, 0) is 36.8 Å². The van der Waals surface area contributed by atoms with E-state index in [1.807, 2.05) is 18.2 Å². The first kappa shape index (κ1) is 13.7. The number of furan rings is 1. The van der Waals surface area contributed by atoms with Crippen LogP contribution in [0.25, 0.3) is 11.0 Å². The molecule has 1 heterocycles. The molecular weight excluding hydrogens is 260 g/mol. The summed E-state index contributed by atoms with van der Waals surface area (Å²) in [6.45, 7) is 2.60. The molecular formula is C18H20N2O. The van der Waals surface area contributed by atoms with Gasteiger partial charge in [-0.2, -0.15) is 0 Å². The number of likely N-dealkylation sites (N-methyl/N-ethyl adjacent to an activating group) is 1. The molecule has 0 fully saturated rings. The molecule has 0 aliphatic heterocycles. The van der Waals surface area contributed by atoms with Gasteiger partial charge in [0.15, 0.2) is 0 Å². The predicted octanol–water partition coefficient (Wildman–Crippen LogP) is 3.88. The lowest BCUT2D eigenvalue weighted by molar-refractivity contribution is 0.488. The lowest BCUT2D eigenvalue weighted by Crippen LogP contribution is -2.30. The highest BCUT2D eigenvalue weighted by atomic mass is 16.3. The molecule has 3 aromatic rings. The average Bonchev–Trinajstić information content (AvgIpc) is 2.91. The van der Waals surface area contributed by atoms with Gasteiger partial charge in [0.2, 0.25) is 0 Å². The van der Waals surface area contributed by atoms with Crippen LogP contribution in [0.4, 0.5) is 5.69 Å². The summed E-state index contributed by atoms with van der Waals surface area (Å²) >= 11 is 0. The van der Waals surface area contributed by atoms with Gasteiger partial charge in [-0.1, -0.05) is 30.3 Å². The zero-order valence-corrected chi connectivity index (χ0v) is 12.4. The summed E-state index contributed by atoms with van der Waals surface area (Å²) in [4.78, 5) is 2.17. The van der Waals surface area contributed by atoms with E-state index in [2.05, 4.69) is 55.3 Å². The minimum absolute atomic E-state index is 0.0270. The minimum atomic E-state index is 0.0270. The Balaban J connectivity index is 1.97. The van der Waals surface area contributed by atoms with Crippen molar-refractivity contribution in [2.24, 2.45) is 5.73 Å². The van der Waals surface area contributed by atoms with Gasteiger partial charge >= 0.3 is 0 Å². The zero-order chi connectivity index (χ0) is 14.8. The number of rotatable bonds is 4. The summed E-state index contributed by atoms with van der Waals surface area (Å²) < 4.78 is 5.97. The van der Waals surface area contributed by atoms with E-state index in [4.69, 9.17) is 10.2 Å². The smallest absolute Gasteiger partial charge is 0.134 e. The van der Waals surface area contributed by atoms with Crippen LogP contribution in [0.2, 0.25) is 0 Å². The van der Waals surface area contributed by atoms with E-state index >= 15 is 0 Å². The second kappa shape index (κ2) is 5.62. The Kier molecular flexibility index (Phi) is 3.67. The van der Waals surface area contributed by atoms with Crippen LogP contribution in [-0.2, 0) is 0 Å². The fourth-order valence-electron chi connectivity index (χ4n) is 2.66. The van der Waals surface area contributed by atoms with E-state index in [-0.39, 0.29) is 6.04 Å². The third-order valence-electron chi connectivity index (χ3n) is 3.87. The number of para-hydroxylation sites is 1. The van der Waals surface area contributed by atoms with Gasteiger partial charge < -0.3 is 15.1 Å². The van der Waals surface area contributed by atoms with Crippen LogP contribution >= 0.6 is 0 Å². The van der Waals surface area contributed by atoms with E-state index in [1.165, 1.54) is 5.56 Å². The summed E-state index contributed by atoms with van der Waals surface area (Å²) in [5.41, 5.74) is 9.29. The molecule has 108 valence electrons. The van der Waals surface area contributed by atoms with Crippen molar-refractivity contribution in [3.05, 3.63) is 65.9 Å². The van der Waals surface area contributed by atoms with Crippen molar-refractivity contribution < 1.29 is 4.42 Å². The summed E-state index contributed by atoms with van der Waals surface area (Å²) in [5, 5.41) is 1.11. The van der Waals surface area contributed by atoms with E-state index in [9.17, 15) is 0 Å². The summed E-state index contributed by atoms with van der Waals surface area (Å²) in [6.07, 6.45) is 0. The first-order valence-electron chi connectivity index (χ1n) is 7.17. The summed E-state index contributed by atoms with van der Waals surface area (Å²) in [5.74, 6) is 0.905. The number of nitrogens with two attached hydrogens (primary N) is 1. The molecule has 0 spiro atoms. The molecule has 3 heteroatoms. The molecule has 0 aliphatic carbocycles. The van der Waals surface area contributed by atoms with Crippen LogP contribution in [-0.4, -0.2) is 13.6 Å². The first-order chi connectivity index (χ1) is 10.2. The normalized spacial score (nSPS) is 12.5. The summed E-state index contributed by atoms with van der Waals surface area (Å²) in [6, 6.07) is 18.6. The highest BCUT2D eigenvalue weighted by Crippen LogP contribution is 2.29. The van der Waals surface area contributed by atoms with Gasteiger partial charge in [0.25, 0.3) is 0 Å². The molecule has 3 nitrogen and oxygen atoms in total. The Morgan fingerprint density at radius 1 is 1.10 bits per heavy atom. The molecule has 0 bridgehead atoms. The topological polar surface area (TPSA) is 42.4 Å². The Hall–Kier alpha value is -2.26. The maximum Gasteiger partial charge on any atom is 0.134 e. The van der Waals surface area contributed by atoms with Gasteiger partial charge in [-0.15, -0.1) is 0 Å². The zero-order valence-electron chi connectivity index (χ0n) is 12.4. The molecule has 0 radical (unpaired) electrons. The molecule has 0 saturated heterocycles. The highest BCUT2D eigenvalue weighted by Gasteiger charge is 2.20. The number of anilines is 1. The largest absolute Gasteiger partial charge is 0.459 e. The predicted molar refractivity (Wildman–Crippen MR) is 87.6 cm³/mol. The second-order valence-electron chi connectivity index (χ2n) is 5.39. The Labute approximate surface area is 125 Å².